The molecule has 0 amide bonds. The summed E-state index contributed by atoms with van der Waals surface area (Å²) in [6.07, 6.45) is 0. The molecule has 5 nitrogen and oxygen atoms in total. The van der Waals surface area contributed by atoms with Crippen LogP contribution in [0.1, 0.15) is 22.4 Å². The number of nitrogens with zero attached hydrogens (tertiary/aromatic N) is 1. The van der Waals surface area contributed by atoms with Gasteiger partial charge in [0.2, 0.25) is 0 Å². The van der Waals surface area contributed by atoms with Gasteiger partial charge >= 0.3 is 5.69 Å². The fraction of sp³-hybridized carbons (Fsp3) is 0.143. The van der Waals surface area contributed by atoms with Gasteiger partial charge in [0.15, 0.2) is 0 Å². The maximum Gasteiger partial charge on any atom is 0.330 e. The molecule has 1 heterocycles. The quantitative estimate of drug-likeness (QED) is 0.744. The van der Waals surface area contributed by atoms with Crippen molar-refractivity contribution < 1.29 is 4.74 Å². The normalized spacial score (nSPS) is 10.7. The van der Waals surface area contributed by atoms with Gasteiger partial charge in [-0.15, -0.1) is 0 Å². The van der Waals surface area contributed by atoms with Crippen LogP contribution in [0, 0.1) is 6.92 Å². The third-order valence-electron chi connectivity index (χ3n) is 4.17. The molecule has 132 valence electrons. The van der Waals surface area contributed by atoms with E-state index in [4.69, 9.17) is 4.74 Å². The van der Waals surface area contributed by atoms with E-state index in [2.05, 4.69) is 11.6 Å². The van der Waals surface area contributed by atoms with Crippen LogP contribution in [0.3, 0.4) is 0 Å². The van der Waals surface area contributed by atoms with E-state index in [0.717, 1.165) is 11.1 Å². The van der Waals surface area contributed by atoms with E-state index < -0.39 is 11.2 Å². The molecule has 0 aliphatic heterocycles. The molecular formula is C21H20N2O3. The van der Waals surface area contributed by atoms with E-state index in [9.17, 15) is 9.59 Å². The number of H-pyrrole nitrogens is 1. The lowest BCUT2D eigenvalue weighted by Crippen LogP contribution is -2.35. The molecule has 1 N–H and O–H groups in total. The van der Waals surface area contributed by atoms with Gasteiger partial charge in [-0.3, -0.25) is 14.3 Å². The Kier molecular flexibility index (Phi) is 5.29. The Balaban J connectivity index is 1.94. The second-order valence-corrected chi connectivity index (χ2v) is 5.97. The average Bonchev–Trinajstić information content (AvgIpc) is 2.67. The summed E-state index contributed by atoms with van der Waals surface area (Å²) < 4.78 is 7.12. The van der Waals surface area contributed by atoms with E-state index in [1.165, 1.54) is 4.57 Å². The summed E-state index contributed by atoms with van der Waals surface area (Å²) in [7, 11) is 0. The molecule has 0 atom stereocenters. The van der Waals surface area contributed by atoms with Crippen LogP contribution in [0.4, 0.5) is 0 Å². The van der Waals surface area contributed by atoms with Gasteiger partial charge in [0.25, 0.3) is 5.56 Å². The van der Waals surface area contributed by atoms with Crippen LogP contribution in [-0.4, -0.2) is 9.55 Å². The van der Waals surface area contributed by atoms with Crippen LogP contribution in [0.5, 0.6) is 0 Å². The molecule has 0 fully saturated rings. The van der Waals surface area contributed by atoms with Crippen LogP contribution in [-0.2, 0) is 18.1 Å². The maximum absolute atomic E-state index is 12.4. The Bertz CT molecular complexity index is 1020. The zero-order valence-electron chi connectivity index (χ0n) is 14.6. The number of ether oxygens (including phenoxy) is 1. The highest BCUT2D eigenvalue weighted by atomic mass is 16.5. The van der Waals surface area contributed by atoms with E-state index in [1.807, 2.05) is 60.7 Å². The number of aromatic amines is 1. The van der Waals surface area contributed by atoms with Crippen molar-refractivity contribution in [1.82, 2.24) is 9.55 Å². The Labute approximate surface area is 151 Å². The van der Waals surface area contributed by atoms with Gasteiger partial charge in [0.1, 0.15) is 6.73 Å². The first-order valence-corrected chi connectivity index (χ1v) is 8.28. The molecule has 0 radical (unpaired) electrons. The Hall–Kier alpha value is -3.18. The minimum absolute atomic E-state index is 0.0204. The largest absolute Gasteiger partial charge is 0.356 e. The molecule has 5 heteroatoms. The summed E-state index contributed by atoms with van der Waals surface area (Å²) >= 11 is 0. The number of rotatable bonds is 6. The fourth-order valence-corrected chi connectivity index (χ4v) is 2.79. The van der Waals surface area contributed by atoms with Crippen LogP contribution in [0.25, 0.3) is 5.57 Å². The van der Waals surface area contributed by atoms with Crippen molar-refractivity contribution in [3.63, 3.8) is 0 Å². The predicted octanol–water partition coefficient (Wildman–Crippen LogP) is 3.08. The van der Waals surface area contributed by atoms with Crippen LogP contribution >= 0.6 is 0 Å². The highest BCUT2D eigenvalue weighted by molar-refractivity contribution is 5.77. The lowest BCUT2D eigenvalue weighted by Gasteiger charge is -2.17. The zero-order chi connectivity index (χ0) is 18.5. The van der Waals surface area contributed by atoms with Crippen molar-refractivity contribution in [2.75, 3.05) is 0 Å². The van der Waals surface area contributed by atoms with Crippen molar-refractivity contribution in [3.8, 4) is 0 Å². The zero-order valence-corrected chi connectivity index (χ0v) is 14.6. The molecule has 2 aromatic carbocycles. The summed E-state index contributed by atoms with van der Waals surface area (Å²) in [4.78, 5) is 26.8. The lowest BCUT2D eigenvalue weighted by molar-refractivity contribution is 0.0601. The van der Waals surface area contributed by atoms with E-state index in [-0.39, 0.29) is 6.73 Å². The van der Waals surface area contributed by atoms with Gasteiger partial charge in [-0.25, -0.2) is 4.79 Å². The van der Waals surface area contributed by atoms with Gasteiger partial charge in [-0.05, 0) is 23.6 Å². The first-order chi connectivity index (χ1) is 12.6. The SMILES string of the molecule is C=C(c1ccccc1)c1c(C)c(=O)[nH]c(=O)n1COCc1ccccc1. The van der Waals surface area contributed by atoms with Crippen LogP contribution < -0.4 is 11.2 Å². The Morgan fingerprint density at radius 2 is 1.65 bits per heavy atom. The molecule has 3 rings (SSSR count). The van der Waals surface area contributed by atoms with Gasteiger partial charge in [-0.1, -0.05) is 67.2 Å². The fourth-order valence-electron chi connectivity index (χ4n) is 2.79. The number of nitrogens with one attached hydrogen (secondary N) is 1. The van der Waals surface area contributed by atoms with Crippen molar-refractivity contribution >= 4 is 5.57 Å². The maximum atomic E-state index is 12.4. The third kappa shape index (κ3) is 3.73. The van der Waals surface area contributed by atoms with Gasteiger partial charge in [0, 0.05) is 5.56 Å². The Morgan fingerprint density at radius 3 is 2.31 bits per heavy atom. The highest BCUT2D eigenvalue weighted by Gasteiger charge is 2.15. The van der Waals surface area contributed by atoms with Gasteiger partial charge in [-0.2, -0.15) is 0 Å². The van der Waals surface area contributed by atoms with Crippen molar-refractivity contribution in [3.05, 3.63) is 110 Å². The standard InChI is InChI=1S/C21H20N2O3/c1-15(18-11-7-4-8-12-18)19-16(2)20(24)22-21(25)23(19)14-26-13-17-9-5-3-6-10-17/h3-12H,1,13-14H2,2H3,(H,22,24,25). The van der Waals surface area contributed by atoms with E-state index in [1.54, 1.807) is 6.92 Å². The summed E-state index contributed by atoms with van der Waals surface area (Å²) in [5, 5.41) is 0. The van der Waals surface area contributed by atoms with E-state index in [0.29, 0.717) is 23.4 Å². The van der Waals surface area contributed by atoms with E-state index >= 15 is 0 Å². The minimum atomic E-state index is -0.513. The minimum Gasteiger partial charge on any atom is -0.356 e. The molecule has 0 saturated heterocycles. The lowest BCUT2D eigenvalue weighted by atomic mass is 10.0. The van der Waals surface area contributed by atoms with Crippen molar-refractivity contribution in [2.24, 2.45) is 0 Å². The van der Waals surface area contributed by atoms with Gasteiger partial charge < -0.3 is 4.74 Å². The summed E-state index contributed by atoms with van der Waals surface area (Å²) in [6.45, 7) is 6.16. The average molecular weight is 348 g/mol. The molecule has 0 bridgehead atoms. The summed E-state index contributed by atoms with van der Waals surface area (Å²) in [5.41, 5.74) is 2.44. The Morgan fingerprint density at radius 1 is 1.04 bits per heavy atom. The number of hydrogen-bond acceptors (Lipinski definition) is 3. The second-order valence-electron chi connectivity index (χ2n) is 5.97. The monoisotopic (exact) mass is 348 g/mol. The molecule has 0 unspecified atom stereocenters. The highest BCUT2D eigenvalue weighted by Crippen LogP contribution is 2.22. The van der Waals surface area contributed by atoms with Crippen LogP contribution in [0.15, 0.2) is 76.8 Å². The number of hydrogen-bond donors (Lipinski definition) is 1. The van der Waals surface area contributed by atoms with Crippen LogP contribution in [0.2, 0.25) is 0 Å². The van der Waals surface area contributed by atoms with Gasteiger partial charge in [0.05, 0.1) is 12.3 Å². The molecule has 3 aromatic rings. The first-order valence-electron chi connectivity index (χ1n) is 8.28. The molecule has 0 spiro atoms. The molecule has 0 saturated carbocycles. The second kappa shape index (κ2) is 7.80. The molecule has 0 aliphatic rings. The molecule has 0 aliphatic carbocycles. The molecular weight excluding hydrogens is 328 g/mol. The molecule has 26 heavy (non-hydrogen) atoms. The summed E-state index contributed by atoms with van der Waals surface area (Å²) in [5.74, 6) is 0. The third-order valence-corrected chi connectivity index (χ3v) is 4.17. The number of aromatic nitrogens is 2. The topological polar surface area (TPSA) is 64.1 Å². The van der Waals surface area contributed by atoms with Crippen molar-refractivity contribution in [2.45, 2.75) is 20.3 Å². The smallest absolute Gasteiger partial charge is 0.330 e. The summed E-state index contributed by atoms with van der Waals surface area (Å²) in [6, 6.07) is 19.1. The van der Waals surface area contributed by atoms with Crippen molar-refractivity contribution in [1.29, 1.82) is 0 Å². The predicted molar refractivity (Wildman–Crippen MR) is 102 cm³/mol. The first kappa shape index (κ1) is 17.6. The number of benzene rings is 2. The molecule has 1 aromatic heterocycles.